The molecule has 0 aliphatic rings. The minimum atomic E-state index is -0.300. The van der Waals surface area contributed by atoms with Crippen LogP contribution in [0.2, 0.25) is 0 Å². The van der Waals surface area contributed by atoms with Crippen molar-refractivity contribution in [2.45, 2.75) is 11.8 Å². The molecule has 0 saturated heterocycles. The Hall–Kier alpha value is -0.860. The first kappa shape index (κ1) is 13.2. The van der Waals surface area contributed by atoms with Gasteiger partial charge in [-0.2, -0.15) is 5.26 Å². The Morgan fingerprint density at radius 2 is 2.25 bits per heavy atom. The Morgan fingerprint density at radius 3 is 2.75 bits per heavy atom. The number of esters is 1. The summed E-state index contributed by atoms with van der Waals surface area (Å²) in [6.45, 7) is 0. The van der Waals surface area contributed by atoms with Crippen LogP contribution < -0.4 is 0 Å². The van der Waals surface area contributed by atoms with Crippen molar-refractivity contribution in [3.8, 4) is 6.07 Å². The quantitative estimate of drug-likeness (QED) is 0.624. The lowest BCUT2D eigenvalue weighted by Crippen LogP contribution is -2.06. The fourth-order valence-electron chi connectivity index (χ4n) is 1.27. The molecule has 0 saturated carbocycles. The number of ether oxygens (including phenoxy) is 1. The summed E-state index contributed by atoms with van der Waals surface area (Å²) >= 11 is 6.72. The van der Waals surface area contributed by atoms with Gasteiger partial charge in [0, 0.05) is 9.80 Å². The van der Waals surface area contributed by atoms with E-state index in [1.165, 1.54) is 7.11 Å². The van der Waals surface area contributed by atoms with Crippen LogP contribution in [-0.2, 0) is 21.3 Å². The number of nitriles is 1. The van der Waals surface area contributed by atoms with Gasteiger partial charge in [-0.25, -0.2) is 0 Å². The van der Waals surface area contributed by atoms with Gasteiger partial charge in [0.25, 0.3) is 0 Å². The summed E-state index contributed by atoms with van der Waals surface area (Å²) in [7, 11) is 1.35. The highest BCUT2D eigenvalue weighted by Crippen LogP contribution is 2.27. The summed E-state index contributed by atoms with van der Waals surface area (Å²) in [6.07, 6.45) is 0.197. The predicted molar refractivity (Wildman–Crippen MR) is 67.2 cm³/mol. The number of carbonyl (C=O) groups excluding carboxylic acids is 1. The Morgan fingerprint density at radius 1 is 1.56 bits per heavy atom. The molecule has 16 heavy (non-hydrogen) atoms. The molecule has 1 rings (SSSR count). The average Bonchev–Trinajstić information content (AvgIpc) is 2.31. The Kier molecular flexibility index (Phi) is 4.97. The minimum absolute atomic E-state index is 0.197. The number of nitrogens with zero attached hydrogens (tertiary/aromatic N) is 1. The van der Waals surface area contributed by atoms with Crippen LogP contribution in [0.3, 0.4) is 0 Å². The van der Waals surface area contributed by atoms with Gasteiger partial charge in [0.1, 0.15) is 0 Å². The average molecular weight is 347 g/mol. The van der Waals surface area contributed by atoms with Crippen molar-refractivity contribution < 1.29 is 9.53 Å². The molecule has 0 radical (unpaired) electrons. The van der Waals surface area contributed by atoms with Crippen molar-refractivity contribution in [2.75, 3.05) is 7.11 Å². The topological polar surface area (TPSA) is 50.1 Å². The number of benzene rings is 1. The first-order valence-corrected chi connectivity index (χ1v) is 6.38. The van der Waals surface area contributed by atoms with Crippen molar-refractivity contribution in [2.24, 2.45) is 0 Å². The van der Waals surface area contributed by atoms with E-state index in [9.17, 15) is 4.79 Å². The Labute approximate surface area is 111 Å². The highest BCUT2D eigenvalue weighted by Gasteiger charge is 2.13. The fraction of sp³-hybridized carbons (Fsp3) is 0.273. The molecule has 0 unspecified atom stereocenters. The Balaban J connectivity index is 3.15. The van der Waals surface area contributed by atoms with Gasteiger partial charge in [-0.3, -0.25) is 4.79 Å². The second-order valence-corrected chi connectivity index (χ2v) is 4.42. The molecule has 0 aliphatic heterocycles. The van der Waals surface area contributed by atoms with Crippen LogP contribution in [0.4, 0.5) is 0 Å². The third-order valence-corrected chi connectivity index (χ3v) is 3.69. The largest absolute Gasteiger partial charge is 0.469 e. The van der Waals surface area contributed by atoms with E-state index in [1.54, 1.807) is 12.1 Å². The maximum Gasteiger partial charge on any atom is 0.310 e. The maximum atomic E-state index is 11.2. The van der Waals surface area contributed by atoms with Crippen LogP contribution in [0.5, 0.6) is 0 Å². The van der Waals surface area contributed by atoms with Gasteiger partial charge in [0.2, 0.25) is 0 Å². The standard InChI is InChI=1S/C11H9Br2NO2/c1-16-10(15)4-7-2-3-8(6-14)9(5-12)11(7)13/h2-3H,4-5H2,1H3. The van der Waals surface area contributed by atoms with E-state index in [0.29, 0.717) is 10.9 Å². The lowest BCUT2D eigenvalue weighted by Gasteiger charge is -2.08. The van der Waals surface area contributed by atoms with Gasteiger partial charge in [0.05, 0.1) is 25.2 Å². The molecule has 84 valence electrons. The Bertz CT molecular complexity index is 452. The molecule has 1 aromatic rings. The highest BCUT2D eigenvalue weighted by atomic mass is 79.9. The smallest absolute Gasteiger partial charge is 0.310 e. The van der Waals surface area contributed by atoms with Gasteiger partial charge in [0.15, 0.2) is 0 Å². The molecule has 5 heteroatoms. The van der Waals surface area contributed by atoms with Gasteiger partial charge in [-0.1, -0.05) is 37.9 Å². The number of hydrogen-bond donors (Lipinski definition) is 0. The van der Waals surface area contributed by atoms with Crippen molar-refractivity contribution in [1.82, 2.24) is 0 Å². The summed E-state index contributed by atoms with van der Waals surface area (Å²) < 4.78 is 5.39. The van der Waals surface area contributed by atoms with Crippen LogP contribution in [0.15, 0.2) is 16.6 Å². The molecule has 0 aromatic heterocycles. The third kappa shape index (κ3) is 2.83. The normalized spacial score (nSPS) is 9.62. The second-order valence-electron chi connectivity index (χ2n) is 3.06. The van der Waals surface area contributed by atoms with E-state index in [2.05, 4.69) is 42.7 Å². The first-order chi connectivity index (χ1) is 7.63. The molecule has 0 N–H and O–H groups in total. The number of rotatable bonds is 3. The van der Waals surface area contributed by atoms with Crippen LogP contribution in [0.25, 0.3) is 0 Å². The number of halogens is 2. The van der Waals surface area contributed by atoms with E-state index in [0.717, 1.165) is 15.6 Å². The number of hydrogen-bond acceptors (Lipinski definition) is 3. The number of carbonyl (C=O) groups is 1. The third-order valence-electron chi connectivity index (χ3n) is 2.14. The van der Waals surface area contributed by atoms with Crippen LogP contribution >= 0.6 is 31.9 Å². The molecular weight excluding hydrogens is 338 g/mol. The summed E-state index contributed by atoms with van der Waals surface area (Å²) in [5.74, 6) is -0.300. The molecule has 1 aromatic carbocycles. The fourth-order valence-corrected chi connectivity index (χ4v) is 2.85. The molecule has 0 aliphatic carbocycles. The van der Waals surface area contributed by atoms with Gasteiger partial charge >= 0.3 is 5.97 Å². The SMILES string of the molecule is COC(=O)Cc1ccc(C#N)c(CBr)c1Br. The zero-order chi connectivity index (χ0) is 12.1. The number of alkyl halides is 1. The van der Waals surface area contributed by atoms with Crippen molar-refractivity contribution >= 4 is 37.8 Å². The minimum Gasteiger partial charge on any atom is -0.469 e. The number of methoxy groups -OCH3 is 1. The molecule has 0 heterocycles. The molecular formula is C11H9Br2NO2. The highest BCUT2D eigenvalue weighted by molar-refractivity contribution is 9.10. The van der Waals surface area contributed by atoms with Crippen molar-refractivity contribution in [1.29, 1.82) is 5.26 Å². The molecule has 0 bridgehead atoms. The van der Waals surface area contributed by atoms with Crippen LogP contribution in [0, 0.1) is 11.3 Å². The van der Waals surface area contributed by atoms with Gasteiger partial charge in [-0.05, 0) is 17.2 Å². The predicted octanol–water partition coefficient (Wildman–Crippen LogP) is 2.93. The lowest BCUT2D eigenvalue weighted by atomic mass is 10.0. The van der Waals surface area contributed by atoms with Crippen LogP contribution in [0.1, 0.15) is 16.7 Å². The molecule has 0 amide bonds. The maximum absolute atomic E-state index is 11.2. The van der Waals surface area contributed by atoms with Crippen molar-refractivity contribution in [3.05, 3.63) is 33.3 Å². The summed E-state index contributed by atoms with van der Waals surface area (Å²) in [5.41, 5.74) is 2.27. The zero-order valence-corrected chi connectivity index (χ0v) is 11.8. The van der Waals surface area contributed by atoms with Crippen LogP contribution in [-0.4, -0.2) is 13.1 Å². The monoisotopic (exact) mass is 345 g/mol. The summed E-state index contributed by atoms with van der Waals surface area (Å²) in [6, 6.07) is 5.57. The van der Waals surface area contributed by atoms with Gasteiger partial charge < -0.3 is 4.74 Å². The molecule has 3 nitrogen and oxygen atoms in total. The van der Waals surface area contributed by atoms with E-state index >= 15 is 0 Å². The second kappa shape index (κ2) is 6.02. The van der Waals surface area contributed by atoms with E-state index < -0.39 is 0 Å². The first-order valence-electron chi connectivity index (χ1n) is 4.47. The summed E-state index contributed by atoms with van der Waals surface area (Å²) in [4.78, 5) is 11.2. The molecule has 0 fully saturated rings. The van der Waals surface area contributed by atoms with E-state index in [1.807, 2.05) is 0 Å². The lowest BCUT2D eigenvalue weighted by molar-refractivity contribution is -0.139. The van der Waals surface area contributed by atoms with Crippen molar-refractivity contribution in [3.63, 3.8) is 0 Å². The van der Waals surface area contributed by atoms with E-state index in [-0.39, 0.29) is 12.4 Å². The van der Waals surface area contributed by atoms with E-state index in [4.69, 9.17) is 5.26 Å². The zero-order valence-electron chi connectivity index (χ0n) is 8.59. The molecule has 0 spiro atoms. The molecule has 0 atom stereocenters. The van der Waals surface area contributed by atoms with Gasteiger partial charge in [-0.15, -0.1) is 0 Å². The summed E-state index contributed by atoms with van der Waals surface area (Å²) in [5, 5.41) is 9.47.